The Morgan fingerprint density at radius 2 is 1.48 bits per heavy atom. The van der Waals surface area contributed by atoms with Crippen LogP contribution in [0, 0.1) is 0 Å². The molecule has 0 aliphatic heterocycles. The summed E-state index contributed by atoms with van der Waals surface area (Å²) in [5.74, 6) is 0.404. The maximum atomic E-state index is 10.7. The molecule has 0 aromatic heterocycles. The minimum absolute atomic E-state index is 0.0784. The fourth-order valence-electron chi connectivity index (χ4n) is 2.51. The first-order chi connectivity index (χ1) is 9.34. The molecule has 0 fully saturated rings. The fourth-order valence-corrected chi connectivity index (χ4v) is 2.51. The van der Waals surface area contributed by atoms with Gasteiger partial charge >= 0.3 is 0 Å². The Bertz CT molecular complexity index is 494. The highest BCUT2D eigenvalue weighted by molar-refractivity contribution is 5.50. The van der Waals surface area contributed by atoms with Crippen molar-refractivity contribution in [3.05, 3.63) is 41.0 Å². The molecule has 1 atom stereocenters. The van der Waals surface area contributed by atoms with Gasteiger partial charge < -0.3 is 10.8 Å². The number of hydrogen-bond acceptors (Lipinski definition) is 2. The first-order valence-corrected chi connectivity index (χ1v) is 7.62. The second kappa shape index (κ2) is 5.84. The van der Waals surface area contributed by atoms with E-state index in [1.165, 1.54) is 0 Å². The van der Waals surface area contributed by atoms with Gasteiger partial charge in [-0.1, -0.05) is 47.1 Å². The topological polar surface area (TPSA) is 46.2 Å². The molecular weight excluding hydrogens is 258 g/mol. The molecule has 1 aromatic rings. The van der Waals surface area contributed by atoms with Gasteiger partial charge in [-0.2, -0.15) is 0 Å². The second-order valence-electron chi connectivity index (χ2n) is 8.23. The third-order valence-electron chi connectivity index (χ3n) is 3.74. The van der Waals surface area contributed by atoms with Crippen molar-refractivity contribution < 1.29 is 5.11 Å². The monoisotopic (exact) mass is 289 g/mol. The van der Waals surface area contributed by atoms with Crippen LogP contribution in [0.3, 0.4) is 0 Å². The molecule has 118 valence electrons. The molecule has 0 heterocycles. The minimum atomic E-state index is -0.122. The number of aromatic hydroxyl groups is 1. The Morgan fingerprint density at radius 1 is 1.10 bits per heavy atom. The normalized spacial score (nSPS) is 14.1. The quantitative estimate of drug-likeness (QED) is 0.773. The van der Waals surface area contributed by atoms with Crippen LogP contribution in [0.1, 0.15) is 77.6 Å². The summed E-state index contributed by atoms with van der Waals surface area (Å²) in [6.45, 7) is 18.6. The number of nitrogens with two attached hydrogens (primary N) is 1. The Morgan fingerprint density at radius 3 is 1.76 bits per heavy atom. The first kappa shape index (κ1) is 17.8. The number of rotatable bonds is 3. The Labute approximate surface area is 130 Å². The van der Waals surface area contributed by atoms with Crippen molar-refractivity contribution in [3.8, 4) is 5.75 Å². The van der Waals surface area contributed by atoms with Crippen molar-refractivity contribution in [2.45, 2.75) is 71.8 Å². The van der Waals surface area contributed by atoms with Crippen LogP contribution < -0.4 is 5.73 Å². The van der Waals surface area contributed by atoms with Gasteiger partial charge in [0.1, 0.15) is 5.75 Å². The Kier molecular flexibility index (Phi) is 4.94. The molecule has 0 radical (unpaired) electrons. The van der Waals surface area contributed by atoms with Crippen LogP contribution in [0.4, 0.5) is 0 Å². The van der Waals surface area contributed by atoms with Gasteiger partial charge in [0.15, 0.2) is 0 Å². The van der Waals surface area contributed by atoms with E-state index in [1.54, 1.807) is 0 Å². The van der Waals surface area contributed by atoms with E-state index in [-0.39, 0.29) is 16.9 Å². The van der Waals surface area contributed by atoms with Crippen LogP contribution in [-0.2, 0) is 10.8 Å². The van der Waals surface area contributed by atoms with Gasteiger partial charge in [0, 0.05) is 6.04 Å². The summed E-state index contributed by atoms with van der Waals surface area (Å²) in [6.07, 6.45) is 0.762. The summed E-state index contributed by atoms with van der Waals surface area (Å²) in [5, 5.41) is 10.7. The number of hydrogen-bond donors (Lipinski definition) is 2. The van der Waals surface area contributed by atoms with Gasteiger partial charge in [0.2, 0.25) is 0 Å². The average molecular weight is 289 g/mol. The average Bonchev–Trinajstić information content (AvgIpc) is 2.24. The number of phenols is 1. The van der Waals surface area contributed by atoms with Crippen LogP contribution >= 0.6 is 0 Å². The summed E-state index contributed by atoms with van der Waals surface area (Å²) in [4.78, 5) is 0. The van der Waals surface area contributed by atoms with E-state index in [0.717, 1.165) is 28.7 Å². The zero-order chi connectivity index (χ0) is 16.6. The van der Waals surface area contributed by atoms with Crippen LogP contribution in [-0.4, -0.2) is 5.11 Å². The highest BCUT2D eigenvalue weighted by Gasteiger charge is 2.27. The lowest BCUT2D eigenvalue weighted by Crippen LogP contribution is -2.20. The molecule has 0 saturated heterocycles. The molecule has 21 heavy (non-hydrogen) atoms. The zero-order valence-electron chi connectivity index (χ0n) is 14.7. The van der Waals surface area contributed by atoms with Crippen molar-refractivity contribution in [2.75, 3.05) is 0 Å². The van der Waals surface area contributed by atoms with Gasteiger partial charge in [0.05, 0.1) is 0 Å². The van der Waals surface area contributed by atoms with Crippen molar-refractivity contribution in [3.63, 3.8) is 0 Å². The summed E-state index contributed by atoms with van der Waals surface area (Å²) >= 11 is 0. The molecule has 0 aliphatic carbocycles. The van der Waals surface area contributed by atoms with Crippen LogP contribution in [0.5, 0.6) is 5.75 Å². The predicted octanol–water partition coefficient (Wildman–Crippen LogP) is 4.95. The number of benzene rings is 1. The van der Waals surface area contributed by atoms with Crippen molar-refractivity contribution in [1.82, 2.24) is 0 Å². The van der Waals surface area contributed by atoms with Crippen molar-refractivity contribution >= 4 is 0 Å². The summed E-state index contributed by atoms with van der Waals surface area (Å²) in [6, 6.07) is 4.03. The summed E-state index contributed by atoms with van der Waals surface area (Å²) in [5.41, 5.74) is 10.2. The molecule has 2 nitrogen and oxygen atoms in total. The SMILES string of the molecule is C=C(C)C[C@@H](N)c1cc(C(C)(C)C)c(O)c(C(C)(C)C)c1. The standard InChI is InChI=1S/C19H31NO/c1-12(2)9-16(20)13-10-14(18(3,4)5)17(21)15(11-13)19(6,7)8/h10-11,16,21H,1,9,20H2,2-8H3/t16-/m1/s1. The maximum absolute atomic E-state index is 10.7. The molecule has 0 unspecified atom stereocenters. The summed E-state index contributed by atoms with van der Waals surface area (Å²) in [7, 11) is 0. The summed E-state index contributed by atoms with van der Waals surface area (Å²) < 4.78 is 0. The lowest BCUT2D eigenvalue weighted by Gasteiger charge is -2.29. The molecule has 0 spiro atoms. The fraction of sp³-hybridized carbons (Fsp3) is 0.579. The van der Waals surface area contributed by atoms with E-state index >= 15 is 0 Å². The van der Waals surface area contributed by atoms with Gasteiger partial charge in [-0.3, -0.25) is 0 Å². The van der Waals surface area contributed by atoms with Gasteiger partial charge in [-0.15, -0.1) is 6.58 Å². The lowest BCUT2D eigenvalue weighted by molar-refractivity contribution is 0.422. The third-order valence-corrected chi connectivity index (χ3v) is 3.74. The first-order valence-electron chi connectivity index (χ1n) is 7.62. The molecule has 0 saturated carbocycles. The second-order valence-corrected chi connectivity index (χ2v) is 8.23. The van der Waals surface area contributed by atoms with E-state index in [9.17, 15) is 5.11 Å². The van der Waals surface area contributed by atoms with Crippen LogP contribution in [0.15, 0.2) is 24.3 Å². The largest absolute Gasteiger partial charge is 0.507 e. The molecule has 1 rings (SSSR count). The predicted molar refractivity (Wildman–Crippen MR) is 91.9 cm³/mol. The highest BCUT2D eigenvalue weighted by Crippen LogP contribution is 2.41. The molecule has 3 N–H and O–H groups in total. The highest BCUT2D eigenvalue weighted by atomic mass is 16.3. The van der Waals surface area contributed by atoms with E-state index in [2.05, 4.69) is 60.3 Å². The van der Waals surface area contributed by atoms with Crippen LogP contribution in [0.25, 0.3) is 0 Å². The minimum Gasteiger partial charge on any atom is -0.507 e. The maximum Gasteiger partial charge on any atom is 0.123 e. The van der Waals surface area contributed by atoms with Gasteiger partial charge in [0.25, 0.3) is 0 Å². The molecule has 2 heteroatoms. The zero-order valence-corrected chi connectivity index (χ0v) is 14.7. The molecule has 1 aromatic carbocycles. The van der Waals surface area contributed by atoms with E-state index < -0.39 is 0 Å². The smallest absolute Gasteiger partial charge is 0.123 e. The molecular formula is C19H31NO. The third kappa shape index (κ3) is 4.34. The van der Waals surface area contributed by atoms with E-state index in [0.29, 0.717) is 5.75 Å². The Balaban J connectivity index is 3.51. The molecule has 0 aliphatic rings. The van der Waals surface area contributed by atoms with Gasteiger partial charge in [-0.05, 0) is 53.0 Å². The van der Waals surface area contributed by atoms with Crippen molar-refractivity contribution in [1.29, 1.82) is 0 Å². The Hall–Kier alpha value is -1.28. The lowest BCUT2D eigenvalue weighted by atomic mass is 9.77. The molecule has 0 bridgehead atoms. The van der Waals surface area contributed by atoms with E-state index in [1.807, 2.05) is 6.92 Å². The van der Waals surface area contributed by atoms with Crippen molar-refractivity contribution in [2.24, 2.45) is 5.73 Å². The van der Waals surface area contributed by atoms with E-state index in [4.69, 9.17) is 5.73 Å². The molecule has 0 amide bonds. The van der Waals surface area contributed by atoms with Crippen LogP contribution in [0.2, 0.25) is 0 Å². The number of phenolic OH excluding ortho intramolecular Hbond substituents is 1. The van der Waals surface area contributed by atoms with Gasteiger partial charge in [-0.25, -0.2) is 0 Å².